The monoisotopic (exact) mass is 356 g/mol. The van der Waals surface area contributed by atoms with Crippen LogP contribution < -0.4 is 15.0 Å². The summed E-state index contributed by atoms with van der Waals surface area (Å²) in [5.74, 6) is 1.06. The van der Waals surface area contributed by atoms with Crippen molar-refractivity contribution in [3.8, 4) is 11.5 Å². The smallest absolute Gasteiger partial charge is 0.264 e. The molecular formula is C20H24N2O4. The number of hydrogen-bond donors (Lipinski definition) is 0. The first-order valence-corrected chi connectivity index (χ1v) is 9.37. The van der Waals surface area contributed by atoms with Gasteiger partial charge in [-0.25, -0.2) is 0 Å². The molecule has 2 aliphatic rings. The van der Waals surface area contributed by atoms with Crippen molar-refractivity contribution in [2.75, 3.05) is 26.8 Å². The maximum Gasteiger partial charge on any atom is 0.264 e. The Morgan fingerprint density at radius 2 is 1.85 bits per heavy atom. The molecule has 1 fully saturated rings. The molecule has 1 aromatic carbocycles. The Labute approximate surface area is 152 Å². The Hall–Kier alpha value is -2.50. The number of benzene rings is 1. The summed E-state index contributed by atoms with van der Waals surface area (Å²) in [5, 5.41) is 0.836. The van der Waals surface area contributed by atoms with Gasteiger partial charge in [0.2, 0.25) is 0 Å². The van der Waals surface area contributed by atoms with Gasteiger partial charge >= 0.3 is 0 Å². The molecule has 1 aromatic heterocycles. The number of likely N-dealkylation sites (tertiary alicyclic amines) is 1. The molecule has 0 atom stereocenters. The van der Waals surface area contributed by atoms with E-state index in [1.54, 1.807) is 17.7 Å². The van der Waals surface area contributed by atoms with Crippen molar-refractivity contribution in [3.63, 3.8) is 0 Å². The molecule has 0 saturated carbocycles. The number of ether oxygens (including phenoxy) is 2. The van der Waals surface area contributed by atoms with Crippen LogP contribution in [0.15, 0.2) is 23.0 Å². The molecule has 138 valence electrons. The van der Waals surface area contributed by atoms with E-state index >= 15 is 0 Å². The lowest BCUT2D eigenvalue weighted by Gasteiger charge is -2.27. The molecule has 0 aliphatic carbocycles. The standard InChI is InChI=1S/C20H24N2O4/c1-25-16-8-7-14-13-15(19(23)21-9-3-2-4-10-21)20(24)22-11-5-6-12-26-18(16)17(14)22/h7-8,13H,2-6,9-12H2,1H3. The van der Waals surface area contributed by atoms with Gasteiger partial charge in [0.05, 0.1) is 19.2 Å². The third kappa shape index (κ3) is 2.83. The minimum absolute atomic E-state index is 0.152. The number of carbonyl (C=O) groups is 1. The number of aromatic nitrogens is 1. The van der Waals surface area contributed by atoms with Crippen molar-refractivity contribution in [3.05, 3.63) is 34.1 Å². The minimum atomic E-state index is -0.229. The predicted octanol–water partition coefficient (Wildman–Crippen LogP) is 2.81. The lowest BCUT2D eigenvalue weighted by Crippen LogP contribution is -2.39. The second kappa shape index (κ2) is 7.02. The van der Waals surface area contributed by atoms with E-state index in [1.807, 2.05) is 17.0 Å². The molecule has 1 saturated heterocycles. The molecule has 0 spiro atoms. The lowest BCUT2D eigenvalue weighted by molar-refractivity contribution is 0.0722. The fourth-order valence-electron chi connectivity index (χ4n) is 3.91. The van der Waals surface area contributed by atoms with Gasteiger partial charge in [0.1, 0.15) is 5.56 Å². The first-order chi connectivity index (χ1) is 12.7. The molecule has 2 aromatic rings. The van der Waals surface area contributed by atoms with Crippen molar-refractivity contribution in [2.45, 2.75) is 38.6 Å². The number of nitrogens with zero attached hydrogens (tertiary/aromatic N) is 2. The Morgan fingerprint density at radius 3 is 2.62 bits per heavy atom. The highest BCUT2D eigenvalue weighted by Crippen LogP contribution is 2.36. The van der Waals surface area contributed by atoms with Gasteiger partial charge in [0, 0.05) is 25.0 Å². The lowest BCUT2D eigenvalue weighted by atomic mass is 10.1. The fourth-order valence-corrected chi connectivity index (χ4v) is 3.91. The molecule has 0 bridgehead atoms. The average molecular weight is 356 g/mol. The summed E-state index contributed by atoms with van der Waals surface area (Å²) in [7, 11) is 1.59. The Morgan fingerprint density at radius 1 is 1.08 bits per heavy atom. The second-order valence-corrected chi connectivity index (χ2v) is 6.96. The number of methoxy groups -OCH3 is 1. The molecule has 6 heteroatoms. The van der Waals surface area contributed by atoms with Gasteiger partial charge in [0.25, 0.3) is 11.5 Å². The number of rotatable bonds is 2. The summed E-state index contributed by atoms with van der Waals surface area (Å²) in [6, 6.07) is 5.45. The quantitative estimate of drug-likeness (QED) is 0.830. The van der Waals surface area contributed by atoms with Crippen LogP contribution in [0.2, 0.25) is 0 Å². The van der Waals surface area contributed by atoms with Crippen LogP contribution in [0.3, 0.4) is 0 Å². The Kier molecular flexibility index (Phi) is 4.57. The van der Waals surface area contributed by atoms with Crippen LogP contribution in [-0.4, -0.2) is 42.2 Å². The van der Waals surface area contributed by atoms with Gasteiger partial charge in [-0.05, 0) is 50.3 Å². The van der Waals surface area contributed by atoms with E-state index in [2.05, 4.69) is 0 Å². The first-order valence-electron chi connectivity index (χ1n) is 9.37. The zero-order valence-corrected chi connectivity index (χ0v) is 15.1. The van der Waals surface area contributed by atoms with Crippen LogP contribution in [0.4, 0.5) is 0 Å². The summed E-state index contributed by atoms with van der Waals surface area (Å²) in [4.78, 5) is 27.9. The maximum absolute atomic E-state index is 13.2. The fraction of sp³-hybridized carbons (Fsp3) is 0.500. The van der Waals surface area contributed by atoms with E-state index in [1.165, 1.54) is 0 Å². The molecule has 6 nitrogen and oxygen atoms in total. The summed E-state index contributed by atoms with van der Waals surface area (Å²) >= 11 is 0. The predicted molar refractivity (Wildman–Crippen MR) is 99.2 cm³/mol. The van der Waals surface area contributed by atoms with Crippen molar-refractivity contribution < 1.29 is 14.3 Å². The number of carbonyl (C=O) groups excluding carboxylic acids is 1. The Balaban J connectivity index is 1.90. The molecule has 4 rings (SSSR count). The zero-order valence-electron chi connectivity index (χ0n) is 15.1. The third-order valence-corrected chi connectivity index (χ3v) is 5.29. The topological polar surface area (TPSA) is 60.8 Å². The third-order valence-electron chi connectivity index (χ3n) is 5.29. The van der Waals surface area contributed by atoms with Crippen LogP contribution >= 0.6 is 0 Å². The van der Waals surface area contributed by atoms with E-state index in [4.69, 9.17) is 9.47 Å². The summed E-state index contributed by atoms with van der Waals surface area (Å²) < 4.78 is 13.0. The summed E-state index contributed by atoms with van der Waals surface area (Å²) in [5.41, 5.74) is 0.758. The van der Waals surface area contributed by atoms with E-state index < -0.39 is 0 Å². The van der Waals surface area contributed by atoms with Gasteiger partial charge in [0.15, 0.2) is 11.5 Å². The van der Waals surface area contributed by atoms with E-state index in [0.717, 1.165) is 56.1 Å². The van der Waals surface area contributed by atoms with Crippen LogP contribution in [-0.2, 0) is 6.54 Å². The van der Waals surface area contributed by atoms with Gasteiger partial charge in [-0.3, -0.25) is 9.59 Å². The number of aryl methyl sites for hydroxylation is 1. The zero-order chi connectivity index (χ0) is 18.1. The maximum atomic E-state index is 13.2. The largest absolute Gasteiger partial charge is 0.493 e. The highest BCUT2D eigenvalue weighted by atomic mass is 16.5. The number of hydrogen-bond acceptors (Lipinski definition) is 4. The van der Waals surface area contributed by atoms with Crippen molar-refractivity contribution >= 4 is 16.8 Å². The summed E-state index contributed by atoms with van der Waals surface area (Å²) in [6.45, 7) is 2.64. The van der Waals surface area contributed by atoms with Gasteiger partial charge in [-0.15, -0.1) is 0 Å². The second-order valence-electron chi connectivity index (χ2n) is 6.96. The van der Waals surface area contributed by atoms with E-state index in [9.17, 15) is 9.59 Å². The molecule has 1 amide bonds. The first kappa shape index (κ1) is 16.9. The normalized spacial score (nSPS) is 17.3. The Bertz CT molecular complexity index is 897. The van der Waals surface area contributed by atoms with Gasteiger partial charge < -0.3 is 18.9 Å². The number of piperidine rings is 1. The highest BCUT2D eigenvalue weighted by Gasteiger charge is 2.25. The molecule has 3 heterocycles. The molecule has 0 unspecified atom stereocenters. The molecule has 0 N–H and O–H groups in total. The van der Waals surface area contributed by atoms with Crippen LogP contribution in [0.5, 0.6) is 11.5 Å². The van der Waals surface area contributed by atoms with Crippen LogP contribution in [0, 0.1) is 0 Å². The van der Waals surface area contributed by atoms with E-state index in [0.29, 0.717) is 24.7 Å². The van der Waals surface area contributed by atoms with Crippen molar-refractivity contribution in [1.29, 1.82) is 0 Å². The number of pyridine rings is 1. The minimum Gasteiger partial charge on any atom is -0.493 e. The van der Waals surface area contributed by atoms with Crippen molar-refractivity contribution in [1.82, 2.24) is 9.47 Å². The number of amides is 1. The molecular weight excluding hydrogens is 332 g/mol. The van der Waals surface area contributed by atoms with Crippen LogP contribution in [0.25, 0.3) is 10.9 Å². The van der Waals surface area contributed by atoms with E-state index in [-0.39, 0.29) is 17.0 Å². The molecule has 26 heavy (non-hydrogen) atoms. The highest BCUT2D eigenvalue weighted by molar-refractivity contribution is 5.99. The van der Waals surface area contributed by atoms with Gasteiger partial charge in [-0.2, -0.15) is 0 Å². The molecule has 0 radical (unpaired) electrons. The van der Waals surface area contributed by atoms with Gasteiger partial charge in [-0.1, -0.05) is 0 Å². The molecule has 2 aliphatic heterocycles. The SMILES string of the molecule is COc1ccc2cc(C(=O)N3CCCCC3)c(=O)n3c2c1OCCCC3. The average Bonchev–Trinajstić information content (AvgIpc) is 2.66. The summed E-state index contributed by atoms with van der Waals surface area (Å²) in [6.07, 6.45) is 4.85. The van der Waals surface area contributed by atoms with Crippen LogP contribution in [0.1, 0.15) is 42.5 Å². The van der Waals surface area contributed by atoms with Crippen molar-refractivity contribution in [2.24, 2.45) is 0 Å².